The Kier molecular flexibility index (Phi) is 1.59. The largest absolute Gasteiger partial charge is 0.449 e. The zero-order valence-electron chi connectivity index (χ0n) is 4.15. The molecule has 0 aliphatic rings. The molecule has 1 heterocycles. The SMILES string of the molecule is O[B]c1cnccn1. The number of hydrogen-bond acceptors (Lipinski definition) is 3. The summed E-state index contributed by atoms with van der Waals surface area (Å²) in [6.45, 7) is 0. The molecule has 0 aliphatic heterocycles. The summed E-state index contributed by atoms with van der Waals surface area (Å²) in [5.41, 5.74) is 0.479. The van der Waals surface area contributed by atoms with Crippen LogP contribution in [0.4, 0.5) is 0 Å². The summed E-state index contributed by atoms with van der Waals surface area (Å²) >= 11 is 0. The predicted octanol–water partition coefficient (Wildman–Crippen LogP) is -1.29. The maximum atomic E-state index is 8.31. The van der Waals surface area contributed by atoms with Gasteiger partial charge in [-0.3, -0.25) is 9.97 Å². The van der Waals surface area contributed by atoms with Crippen LogP contribution in [0, 0.1) is 0 Å². The van der Waals surface area contributed by atoms with Gasteiger partial charge in [-0.15, -0.1) is 0 Å². The third kappa shape index (κ3) is 1.04. The first-order valence-electron chi connectivity index (χ1n) is 2.17. The molecule has 0 fully saturated rings. The number of nitrogens with zero attached hydrogens (tertiary/aromatic N) is 2. The van der Waals surface area contributed by atoms with Gasteiger partial charge in [0.25, 0.3) is 0 Å². The molecular weight excluding hydrogens is 103 g/mol. The lowest BCUT2D eigenvalue weighted by atomic mass is 9.97. The fraction of sp³-hybridized carbons (Fsp3) is 0. The van der Waals surface area contributed by atoms with Crippen LogP contribution in [0.25, 0.3) is 0 Å². The van der Waals surface area contributed by atoms with Gasteiger partial charge in [0.15, 0.2) is 0 Å². The summed E-state index contributed by atoms with van der Waals surface area (Å²) < 4.78 is 0. The van der Waals surface area contributed by atoms with Gasteiger partial charge < -0.3 is 5.02 Å². The molecule has 3 nitrogen and oxygen atoms in total. The van der Waals surface area contributed by atoms with Gasteiger partial charge in [0.05, 0.1) is 5.59 Å². The van der Waals surface area contributed by atoms with Crippen LogP contribution in [0.2, 0.25) is 0 Å². The fourth-order valence-electron chi connectivity index (χ4n) is 0.377. The van der Waals surface area contributed by atoms with Crippen molar-refractivity contribution in [3.63, 3.8) is 0 Å². The van der Waals surface area contributed by atoms with Gasteiger partial charge in [-0.05, 0) is 0 Å². The van der Waals surface area contributed by atoms with Gasteiger partial charge >= 0.3 is 7.48 Å². The van der Waals surface area contributed by atoms with Crippen molar-refractivity contribution in [2.75, 3.05) is 0 Å². The molecule has 8 heavy (non-hydrogen) atoms. The highest BCUT2D eigenvalue weighted by Gasteiger charge is 1.88. The molecule has 1 radical (unpaired) electrons. The molecule has 0 saturated carbocycles. The van der Waals surface area contributed by atoms with E-state index in [2.05, 4.69) is 9.97 Å². The maximum absolute atomic E-state index is 8.31. The van der Waals surface area contributed by atoms with Crippen molar-refractivity contribution in [3.05, 3.63) is 18.6 Å². The van der Waals surface area contributed by atoms with Gasteiger partial charge in [-0.1, -0.05) is 0 Å². The standard InChI is InChI=1S/C4H4BN2O/c8-5-4-3-6-1-2-7-4/h1-3,8H. The van der Waals surface area contributed by atoms with Crippen molar-refractivity contribution in [3.8, 4) is 0 Å². The monoisotopic (exact) mass is 107 g/mol. The van der Waals surface area contributed by atoms with E-state index in [4.69, 9.17) is 5.02 Å². The summed E-state index contributed by atoms with van der Waals surface area (Å²) in [6.07, 6.45) is 4.54. The minimum absolute atomic E-state index is 0.479. The van der Waals surface area contributed by atoms with E-state index in [0.29, 0.717) is 5.59 Å². The van der Waals surface area contributed by atoms with Gasteiger partial charge in [-0.2, -0.15) is 0 Å². The summed E-state index contributed by atoms with van der Waals surface area (Å²) in [6, 6.07) is 0. The molecular formula is C4H4BN2O. The molecule has 0 aromatic carbocycles. The Balaban J connectivity index is 2.83. The molecule has 0 unspecified atom stereocenters. The normalized spacial score (nSPS) is 8.62. The molecule has 0 saturated heterocycles. The molecule has 1 rings (SSSR count). The van der Waals surface area contributed by atoms with Gasteiger partial charge in [0, 0.05) is 18.6 Å². The Morgan fingerprint density at radius 1 is 1.50 bits per heavy atom. The van der Waals surface area contributed by atoms with Gasteiger partial charge in [0.2, 0.25) is 0 Å². The topological polar surface area (TPSA) is 46.0 Å². The smallest absolute Gasteiger partial charge is 0.350 e. The van der Waals surface area contributed by atoms with E-state index in [9.17, 15) is 0 Å². The molecule has 4 heteroatoms. The Morgan fingerprint density at radius 3 is 2.75 bits per heavy atom. The lowest BCUT2D eigenvalue weighted by Crippen LogP contribution is -2.17. The molecule has 0 amide bonds. The second-order valence-corrected chi connectivity index (χ2v) is 1.26. The minimum atomic E-state index is 0.479. The Bertz CT molecular complexity index is 155. The molecule has 1 N–H and O–H groups in total. The predicted molar refractivity (Wildman–Crippen MR) is 29.6 cm³/mol. The highest BCUT2D eigenvalue weighted by atomic mass is 16.2. The molecule has 1 aromatic heterocycles. The maximum Gasteiger partial charge on any atom is 0.350 e. The molecule has 1 aromatic rings. The van der Waals surface area contributed by atoms with Crippen LogP contribution in [0.15, 0.2) is 18.6 Å². The average Bonchev–Trinajstić information content (AvgIpc) is 1.90. The summed E-state index contributed by atoms with van der Waals surface area (Å²) in [4.78, 5) is 7.43. The first-order chi connectivity index (χ1) is 3.93. The zero-order chi connectivity index (χ0) is 5.82. The highest BCUT2D eigenvalue weighted by Crippen LogP contribution is 1.65. The number of rotatable bonds is 1. The fourth-order valence-corrected chi connectivity index (χ4v) is 0.377. The van der Waals surface area contributed by atoms with Gasteiger partial charge in [-0.25, -0.2) is 0 Å². The highest BCUT2D eigenvalue weighted by molar-refractivity contribution is 6.43. The van der Waals surface area contributed by atoms with E-state index in [0.717, 1.165) is 7.48 Å². The van der Waals surface area contributed by atoms with E-state index >= 15 is 0 Å². The average molecular weight is 107 g/mol. The van der Waals surface area contributed by atoms with E-state index in [1.807, 2.05) is 0 Å². The van der Waals surface area contributed by atoms with Crippen molar-refractivity contribution in [2.45, 2.75) is 0 Å². The number of aromatic nitrogens is 2. The molecule has 39 valence electrons. The lowest BCUT2D eigenvalue weighted by Gasteiger charge is -1.85. The quantitative estimate of drug-likeness (QED) is 0.454. The zero-order valence-corrected chi connectivity index (χ0v) is 4.15. The summed E-state index contributed by atoms with van der Waals surface area (Å²) in [5, 5.41) is 8.31. The van der Waals surface area contributed by atoms with E-state index in [1.54, 1.807) is 6.20 Å². The third-order valence-corrected chi connectivity index (χ3v) is 0.715. The van der Waals surface area contributed by atoms with Crippen LogP contribution in [0.3, 0.4) is 0 Å². The van der Waals surface area contributed by atoms with Crippen molar-refractivity contribution in [2.24, 2.45) is 0 Å². The Labute approximate surface area is 47.7 Å². The first kappa shape index (κ1) is 5.25. The molecule has 0 spiro atoms. The van der Waals surface area contributed by atoms with Crippen LogP contribution in [-0.2, 0) is 0 Å². The van der Waals surface area contributed by atoms with E-state index < -0.39 is 0 Å². The van der Waals surface area contributed by atoms with Crippen molar-refractivity contribution < 1.29 is 5.02 Å². The summed E-state index contributed by atoms with van der Waals surface area (Å²) in [7, 11) is 0.910. The van der Waals surface area contributed by atoms with Crippen LogP contribution in [0.1, 0.15) is 0 Å². The van der Waals surface area contributed by atoms with Crippen molar-refractivity contribution in [1.82, 2.24) is 9.97 Å². The van der Waals surface area contributed by atoms with Crippen LogP contribution < -0.4 is 5.59 Å². The second kappa shape index (κ2) is 2.42. The molecule has 0 atom stereocenters. The van der Waals surface area contributed by atoms with E-state index in [1.165, 1.54) is 12.4 Å². The molecule has 0 bridgehead atoms. The third-order valence-electron chi connectivity index (χ3n) is 0.715. The molecule has 0 aliphatic carbocycles. The van der Waals surface area contributed by atoms with Crippen LogP contribution >= 0.6 is 0 Å². The van der Waals surface area contributed by atoms with E-state index in [-0.39, 0.29) is 0 Å². The van der Waals surface area contributed by atoms with Crippen LogP contribution in [0.5, 0.6) is 0 Å². The summed E-state index contributed by atoms with van der Waals surface area (Å²) in [5.74, 6) is 0. The number of hydrogen-bond donors (Lipinski definition) is 1. The second-order valence-electron chi connectivity index (χ2n) is 1.26. The minimum Gasteiger partial charge on any atom is -0.449 e. The first-order valence-corrected chi connectivity index (χ1v) is 2.17. The Hall–Kier alpha value is -0.895. The lowest BCUT2D eigenvalue weighted by molar-refractivity contribution is 0.614. The van der Waals surface area contributed by atoms with Crippen molar-refractivity contribution >= 4 is 13.1 Å². The van der Waals surface area contributed by atoms with Crippen molar-refractivity contribution in [1.29, 1.82) is 0 Å². The van der Waals surface area contributed by atoms with Crippen LogP contribution in [-0.4, -0.2) is 22.5 Å². The van der Waals surface area contributed by atoms with Gasteiger partial charge in [0.1, 0.15) is 0 Å². The Morgan fingerprint density at radius 2 is 2.38 bits per heavy atom.